The summed E-state index contributed by atoms with van der Waals surface area (Å²) in [7, 11) is 0. The number of halogens is 1. The maximum atomic E-state index is 13.5. The molecule has 1 aliphatic rings. The molecule has 0 aromatic carbocycles. The zero-order valence-electron chi connectivity index (χ0n) is 12.8. The standard InChI is InChI=1S/C15H20FN5/c1-8(2)15(4)9(3)5-6-10(15)21-7-18-11-12(17)19-14(16)20-13(11)21/h6-9H,5H2,1-4H3,(H2,17,19,20)/t9?,15-/m0/s1. The van der Waals surface area contributed by atoms with E-state index in [1.165, 1.54) is 0 Å². The average molecular weight is 289 g/mol. The second kappa shape index (κ2) is 4.51. The van der Waals surface area contributed by atoms with Crippen LogP contribution < -0.4 is 5.73 Å². The fraction of sp³-hybridized carbons (Fsp3) is 0.533. The first-order valence-electron chi connectivity index (χ1n) is 7.22. The molecule has 1 aliphatic carbocycles. The van der Waals surface area contributed by atoms with Gasteiger partial charge in [-0.25, -0.2) is 4.98 Å². The first-order valence-corrected chi connectivity index (χ1v) is 7.22. The van der Waals surface area contributed by atoms with Crippen molar-refractivity contribution >= 4 is 22.7 Å². The van der Waals surface area contributed by atoms with Gasteiger partial charge in [-0.15, -0.1) is 0 Å². The van der Waals surface area contributed by atoms with Gasteiger partial charge in [-0.3, -0.25) is 4.57 Å². The molecule has 21 heavy (non-hydrogen) atoms. The van der Waals surface area contributed by atoms with Crippen molar-refractivity contribution in [2.24, 2.45) is 17.3 Å². The van der Waals surface area contributed by atoms with E-state index < -0.39 is 6.08 Å². The minimum Gasteiger partial charge on any atom is -0.382 e. The van der Waals surface area contributed by atoms with Gasteiger partial charge in [0, 0.05) is 11.1 Å². The smallest absolute Gasteiger partial charge is 0.312 e. The largest absolute Gasteiger partial charge is 0.382 e. The predicted octanol–water partition coefficient (Wildman–Crippen LogP) is 3.09. The number of hydrogen-bond donors (Lipinski definition) is 1. The Hall–Kier alpha value is -1.98. The second-order valence-electron chi connectivity index (χ2n) is 6.33. The fourth-order valence-electron chi connectivity index (χ4n) is 3.30. The minimum atomic E-state index is -0.820. The summed E-state index contributed by atoms with van der Waals surface area (Å²) in [6.45, 7) is 8.90. The molecule has 0 radical (unpaired) electrons. The molecule has 0 aliphatic heterocycles. The monoisotopic (exact) mass is 289 g/mol. The summed E-state index contributed by atoms with van der Waals surface area (Å²) in [6, 6.07) is 0. The number of allylic oxidation sites excluding steroid dienone is 2. The molecule has 2 N–H and O–H groups in total. The van der Waals surface area contributed by atoms with Crippen molar-refractivity contribution in [1.29, 1.82) is 0 Å². The third-order valence-electron chi connectivity index (χ3n) is 5.10. The molecular formula is C15H20FN5. The molecule has 1 unspecified atom stereocenters. The van der Waals surface area contributed by atoms with Gasteiger partial charge in [0.25, 0.3) is 0 Å². The van der Waals surface area contributed by atoms with E-state index in [1.807, 2.05) is 4.57 Å². The molecule has 0 amide bonds. The maximum Gasteiger partial charge on any atom is 0.312 e. The molecular weight excluding hydrogens is 269 g/mol. The van der Waals surface area contributed by atoms with Gasteiger partial charge in [-0.1, -0.05) is 33.8 Å². The molecule has 0 fully saturated rings. The first kappa shape index (κ1) is 14.0. The van der Waals surface area contributed by atoms with Crippen LogP contribution in [0.15, 0.2) is 12.4 Å². The number of nitrogens with two attached hydrogens (primary N) is 1. The predicted molar refractivity (Wildman–Crippen MR) is 80.7 cm³/mol. The van der Waals surface area contributed by atoms with E-state index in [4.69, 9.17) is 5.73 Å². The van der Waals surface area contributed by atoms with Crippen LogP contribution in [0, 0.1) is 23.3 Å². The van der Waals surface area contributed by atoms with Gasteiger partial charge in [0.1, 0.15) is 6.33 Å². The van der Waals surface area contributed by atoms with Crippen LogP contribution in [0.25, 0.3) is 16.9 Å². The van der Waals surface area contributed by atoms with Crippen LogP contribution in [0.5, 0.6) is 0 Å². The highest BCUT2D eigenvalue weighted by Gasteiger charge is 2.42. The lowest BCUT2D eigenvalue weighted by Gasteiger charge is -2.37. The van der Waals surface area contributed by atoms with E-state index in [2.05, 4.69) is 48.7 Å². The summed E-state index contributed by atoms with van der Waals surface area (Å²) in [4.78, 5) is 11.7. The molecule has 5 nitrogen and oxygen atoms in total. The third kappa shape index (κ3) is 1.85. The topological polar surface area (TPSA) is 69.6 Å². The summed E-state index contributed by atoms with van der Waals surface area (Å²) in [5, 5.41) is 0. The molecule has 2 aromatic rings. The lowest BCUT2D eigenvalue weighted by molar-refractivity contribution is 0.215. The summed E-state index contributed by atoms with van der Waals surface area (Å²) < 4.78 is 15.4. The number of fused-ring (bicyclic) bond motifs is 1. The van der Waals surface area contributed by atoms with Gasteiger partial charge >= 0.3 is 6.08 Å². The fourth-order valence-corrected chi connectivity index (χ4v) is 3.30. The van der Waals surface area contributed by atoms with Gasteiger partial charge in [-0.2, -0.15) is 14.4 Å². The number of imidazole rings is 1. The number of hydrogen-bond acceptors (Lipinski definition) is 4. The van der Waals surface area contributed by atoms with Crippen molar-refractivity contribution in [2.45, 2.75) is 34.1 Å². The highest BCUT2D eigenvalue weighted by Crippen LogP contribution is 2.51. The molecule has 0 saturated carbocycles. The van der Waals surface area contributed by atoms with Crippen molar-refractivity contribution < 1.29 is 4.39 Å². The SMILES string of the molecule is CC(C)[C@]1(C)C(n2cnc3c(N)nc(F)nc32)=CCC1C. The Morgan fingerprint density at radius 3 is 2.81 bits per heavy atom. The quantitative estimate of drug-likeness (QED) is 0.862. The highest BCUT2D eigenvalue weighted by molar-refractivity contribution is 5.84. The van der Waals surface area contributed by atoms with E-state index in [1.54, 1.807) is 6.33 Å². The molecule has 112 valence electrons. The van der Waals surface area contributed by atoms with Crippen molar-refractivity contribution in [1.82, 2.24) is 19.5 Å². The van der Waals surface area contributed by atoms with Crippen LogP contribution >= 0.6 is 0 Å². The van der Waals surface area contributed by atoms with E-state index in [0.29, 0.717) is 23.0 Å². The molecule has 2 atom stereocenters. The Morgan fingerprint density at radius 2 is 2.14 bits per heavy atom. The molecule has 0 spiro atoms. The van der Waals surface area contributed by atoms with Crippen LogP contribution in [0.1, 0.15) is 34.1 Å². The third-order valence-corrected chi connectivity index (χ3v) is 5.10. The maximum absolute atomic E-state index is 13.5. The summed E-state index contributed by atoms with van der Waals surface area (Å²) >= 11 is 0. The first-order chi connectivity index (χ1) is 9.85. The molecule has 0 saturated heterocycles. The Labute approximate surface area is 123 Å². The average Bonchev–Trinajstić information content (AvgIpc) is 2.93. The van der Waals surface area contributed by atoms with Gasteiger partial charge in [0.05, 0.1) is 0 Å². The van der Waals surface area contributed by atoms with Crippen LogP contribution in [-0.4, -0.2) is 19.5 Å². The number of nitrogens with zero attached hydrogens (tertiary/aromatic N) is 4. The summed E-state index contributed by atoms with van der Waals surface area (Å²) in [5.41, 5.74) is 7.73. The summed E-state index contributed by atoms with van der Waals surface area (Å²) in [6.07, 6.45) is 4.04. The molecule has 2 aromatic heterocycles. The van der Waals surface area contributed by atoms with E-state index in [0.717, 1.165) is 12.1 Å². The lowest BCUT2D eigenvalue weighted by atomic mass is 9.70. The number of nitrogen functional groups attached to an aromatic ring is 1. The minimum absolute atomic E-state index is 0.0101. The van der Waals surface area contributed by atoms with E-state index >= 15 is 0 Å². The van der Waals surface area contributed by atoms with Crippen molar-refractivity contribution in [3.8, 4) is 0 Å². The van der Waals surface area contributed by atoms with Crippen LogP contribution in [0.3, 0.4) is 0 Å². The molecule has 2 heterocycles. The zero-order valence-corrected chi connectivity index (χ0v) is 12.8. The van der Waals surface area contributed by atoms with Gasteiger partial charge in [0.15, 0.2) is 17.0 Å². The molecule has 3 rings (SSSR count). The Balaban J connectivity index is 2.22. The summed E-state index contributed by atoms with van der Waals surface area (Å²) in [5.74, 6) is 1.03. The zero-order chi connectivity index (χ0) is 15.4. The number of rotatable bonds is 2. The van der Waals surface area contributed by atoms with Crippen molar-refractivity contribution in [2.75, 3.05) is 5.73 Å². The normalized spacial score (nSPS) is 25.8. The van der Waals surface area contributed by atoms with Crippen LogP contribution in [0.2, 0.25) is 0 Å². The van der Waals surface area contributed by atoms with Crippen molar-refractivity contribution in [3.05, 3.63) is 18.5 Å². The van der Waals surface area contributed by atoms with Crippen LogP contribution in [0.4, 0.5) is 10.2 Å². The Bertz CT molecular complexity index is 733. The van der Waals surface area contributed by atoms with Gasteiger partial charge in [-0.05, 0) is 18.3 Å². The highest BCUT2D eigenvalue weighted by atomic mass is 19.1. The second-order valence-corrected chi connectivity index (χ2v) is 6.33. The van der Waals surface area contributed by atoms with Gasteiger partial charge in [0.2, 0.25) is 0 Å². The number of anilines is 1. The van der Waals surface area contributed by atoms with Gasteiger partial charge < -0.3 is 5.73 Å². The van der Waals surface area contributed by atoms with E-state index in [9.17, 15) is 4.39 Å². The van der Waals surface area contributed by atoms with E-state index in [-0.39, 0.29) is 11.2 Å². The Kier molecular flexibility index (Phi) is 3.00. The Morgan fingerprint density at radius 1 is 1.43 bits per heavy atom. The number of aromatic nitrogens is 4. The van der Waals surface area contributed by atoms with Crippen molar-refractivity contribution in [3.63, 3.8) is 0 Å². The lowest BCUT2D eigenvalue weighted by Crippen LogP contribution is -2.31. The molecule has 0 bridgehead atoms. The van der Waals surface area contributed by atoms with Crippen LogP contribution in [-0.2, 0) is 0 Å². The molecule has 6 heteroatoms.